The lowest BCUT2D eigenvalue weighted by Crippen LogP contribution is -2.65. The highest BCUT2D eigenvalue weighted by Gasteiger charge is 2.71. The molecule has 0 aromatic carbocycles. The summed E-state index contributed by atoms with van der Waals surface area (Å²) in [5.74, 6) is 0.964. The van der Waals surface area contributed by atoms with Crippen molar-refractivity contribution in [2.45, 2.75) is 59.4 Å². The van der Waals surface area contributed by atoms with E-state index in [-0.39, 0.29) is 23.5 Å². The van der Waals surface area contributed by atoms with Gasteiger partial charge < -0.3 is 10.8 Å². The molecule has 0 saturated heterocycles. The fraction of sp³-hybridized carbons (Fsp3) is 1.00. The largest absolute Gasteiger partial charge is 0.396 e. The predicted molar refractivity (Wildman–Crippen MR) is 84.5 cm³/mol. The number of aliphatic hydroxyl groups is 1. The maximum absolute atomic E-state index is 10.00. The molecule has 0 aromatic heterocycles. The zero-order valence-electron chi connectivity index (χ0n) is 14.1. The van der Waals surface area contributed by atoms with E-state index < -0.39 is 0 Å². The first-order chi connectivity index (χ1) is 9.35. The molecule has 2 aliphatic carbocycles. The molecule has 0 amide bonds. The summed E-state index contributed by atoms with van der Waals surface area (Å²) >= 11 is 0. The highest BCUT2D eigenvalue weighted by molar-refractivity contribution is 5.23. The van der Waals surface area contributed by atoms with Gasteiger partial charge in [0.25, 0.3) is 0 Å². The van der Waals surface area contributed by atoms with Crippen molar-refractivity contribution in [1.82, 2.24) is 4.90 Å². The Bertz CT molecular complexity index is 335. The van der Waals surface area contributed by atoms with E-state index in [1.165, 1.54) is 19.3 Å². The molecule has 0 aromatic rings. The monoisotopic (exact) mass is 282 g/mol. The Balaban J connectivity index is 2.55. The van der Waals surface area contributed by atoms with E-state index >= 15 is 0 Å². The quantitative estimate of drug-likeness (QED) is 0.787. The van der Waals surface area contributed by atoms with Crippen molar-refractivity contribution in [2.24, 2.45) is 28.4 Å². The van der Waals surface area contributed by atoms with Crippen LogP contribution in [0, 0.1) is 22.7 Å². The van der Waals surface area contributed by atoms with Gasteiger partial charge in [-0.25, -0.2) is 0 Å². The second-order valence-electron chi connectivity index (χ2n) is 7.71. The third-order valence-corrected chi connectivity index (χ3v) is 7.46. The molecule has 0 heterocycles. The molecule has 3 nitrogen and oxygen atoms in total. The van der Waals surface area contributed by atoms with Crippen LogP contribution in [0.2, 0.25) is 0 Å². The molecule has 0 unspecified atom stereocenters. The van der Waals surface area contributed by atoms with E-state index in [4.69, 9.17) is 5.73 Å². The Morgan fingerprint density at radius 2 is 1.85 bits per heavy atom. The molecule has 2 fully saturated rings. The van der Waals surface area contributed by atoms with Crippen molar-refractivity contribution in [3.05, 3.63) is 0 Å². The fourth-order valence-corrected chi connectivity index (χ4v) is 5.89. The molecule has 0 spiro atoms. The van der Waals surface area contributed by atoms with Gasteiger partial charge in [0.15, 0.2) is 0 Å². The molecule has 2 rings (SSSR count). The van der Waals surface area contributed by atoms with Crippen LogP contribution in [0.1, 0.15) is 53.9 Å². The van der Waals surface area contributed by atoms with Crippen molar-refractivity contribution in [1.29, 1.82) is 0 Å². The number of rotatable bonds is 6. The predicted octanol–water partition coefficient (Wildman–Crippen LogP) is 2.48. The zero-order valence-corrected chi connectivity index (χ0v) is 14.1. The highest BCUT2D eigenvalue weighted by Crippen LogP contribution is 2.72. The van der Waals surface area contributed by atoms with E-state index in [9.17, 15) is 5.11 Å². The van der Waals surface area contributed by atoms with Gasteiger partial charge in [-0.2, -0.15) is 0 Å². The minimum absolute atomic E-state index is 0.0758. The summed E-state index contributed by atoms with van der Waals surface area (Å²) in [5.41, 5.74) is 6.76. The molecule has 0 aliphatic heterocycles. The Labute approximate surface area is 124 Å². The summed E-state index contributed by atoms with van der Waals surface area (Å²) < 4.78 is 0. The van der Waals surface area contributed by atoms with Crippen LogP contribution in [0.3, 0.4) is 0 Å². The molecule has 118 valence electrons. The summed E-state index contributed by atoms with van der Waals surface area (Å²) in [6, 6.07) is 0. The van der Waals surface area contributed by atoms with Gasteiger partial charge in [0, 0.05) is 18.1 Å². The number of nitrogens with zero attached hydrogens (tertiary/aromatic N) is 1. The van der Waals surface area contributed by atoms with Crippen LogP contribution in [-0.4, -0.2) is 41.8 Å². The maximum Gasteiger partial charge on any atom is 0.0489 e. The van der Waals surface area contributed by atoms with Gasteiger partial charge in [-0.15, -0.1) is 0 Å². The third-order valence-electron chi connectivity index (χ3n) is 7.46. The molecule has 20 heavy (non-hydrogen) atoms. The van der Waals surface area contributed by atoms with E-state index in [2.05, 4.69) is 39.5 Å². The lowest BCUT2D eigenvalue weighted by molar-refractivity contribution is -0.0909. The Morgan fingerprint density at radius 1 is 1.25 bits per heavy atom. The normalized spacial score (nSPS) is 40.5. The summed E-state index contributed by atoms with van der Waals surface area (Å²) in [5, 5.41) is 10.00. The average Bonchev–Trinajstić information content (AvgIpc) is 2.74. The summed E-state index contributed by atoms with van der Waals surface area (Å²) in [6.07, 6.45) is 3.83. The van der Waals surface area contributed by atoms with E-state index in [1.54, 1.807) is 0 Å². The van der Waals surface area contributed by atoms with Gasteiger partial charge in [0.05, 0.1) is 0 Å². The van der Waals surface area contributed by atoms with Crippen LogP contribution in [-0.2, 0) is 0 Å². The second-order valence-corrected chi connectivity index (χ2v) is 7.71. The molecule has 4 atom stereocenters. The van der Waals surface area contributed by atoms with E-state index in [0.29, 0.717) is 12.0 Å². The SMILES string of the molecule is CCN(CC)[C@@]1([C@@H](CN)CO)C[C@@H]2CC[C@]1(C)C2(C)C. The Hall–Kier alpha value is -0.120. The topological polar surface area (TPSA) is 49.5 Å². The van der Waals surface area contributed by atoms with Gasteiger partial charge in [-0.3, -0.25) is 4.90 Å². The van der Waals surface area contributed by atoms with Crippen molar-refractivity contribution in [3.8, 4) is 0 Å². The lowest BCUT2D eigenvalue weighted by Gasteiger charge is -2.58. The number of hydrogen-bond acceptors (Lipinski definition) is 3. The molecular formula is C17H34N2O. The number of nitrogens with two attached hydrogens (primary N) is 1. The Morgan fingerprint density at radius 3 is 2.15 bits per heavy atom. The van der Waals surface area contributed by atoms with Crippen LogP contribution < -0.4 is 5.73 Å². The minimum Gasteiger partial charge on any atom is -0.396 e. The highest BCUT2D eigenvalue weighted by atomic mass is 16.3. The standard InChI is InChI=1S/C17H34N2O/c1-6-19(7-2)17(14(11-18)12-20)10-13-8-9-16(17,5)15(13,3)4/h13-14,20H,6-12,18H2,1-5H3/t13-,14-,16+,17+/m0/s1. The van der Waals surface area contributed by atoms with Crippen LogP contribution >= 0.6 is 0 Å². The fourth-order valence-electron chi connectivity index (χ4n) is 5.89. The van der Waals surface area contributed by atoms with Crippen molar-refractivity contribution < 1.29 is 5.11 Å². The van der Waals surface area contributed by atoms with Crippen LogP contribution in [0.25, 0.3) is 0 Å². The molecule has 2 saturated carbocycles. The van der Waals surface area contributed by atoms with Crippen LogP contribution in [0.15, 0.2) is 0 Å². The second kappa shape index (κ2) is 5.26. The number of aliphatic hydroxyl groups excluding tert-OH is 1. The number of hydrogen-bond donors (Lipinski definition) is 2. The molecule has 3 N–H and O–H groups in total. The van der Waals surface area contributed by atoms with Gasteiger partial charge in [-0.1, -0.05) is 34.6 Å². The van der Waals surface area contributed by atoms with Gasteiger partial charge in [-0.05, 0) is 55.6 Å². The van der Waals surface area contributed by atoms with Gasteiger partial charge in [0.1, 0.15) is 0 Å². The van der Waals surface area contributed by atoms with Crippen LogP contribution in [0.4, 0.5) is 0 Å². The lowest BCUT2D eigenvalue weighted by atomic mass is 9.57. The van der Waals surface area contributed by atoms with E-state index in [0.717, 1.165) is 19.0 Å². The van der Waals surface area contributed by atoms with Crippen LogP contribution in [0.5, 0.6) is 0 Å². The van der Waals surface area contributed by atoms with Crippen molar-refractivity contribution in [2.75, 3.05) is 26.2 Å². The van der Waals surface area contributed by atoms with Gasteiger partial charge >= 0.3 is 0 Å². The summed E-state index contributed by atoms with van der Waals surface area (Å²) in [4.78, 5) is 2.61. The Kier molecular flexibility index (Phi) is 4.27. The number of fused-ring (bicyclic) bond motifs is 2. The maximum atomic E-state index is 10.00. The van der Waals surface area contributed by atoms with Gasteiger partial charge in [0.2, 0.25) is 0 Å². The first kappa shape index (κ1) is 16.3. The molecular weight excluding hydrogens is 248 g/mol. The first-order valence-corrected chi connectivity index (χ1v) is 8.41. The smallest absolute Gasteiger partial charge is 0.0489 e. The average molecular weight is 282 g/mol. The first-order valence-electron chi connectivity index (χ1n) is 8.41. The zero-order chi connectivity index (χ0) is 15.2. The molecule has 0 radical (unpaired) electrons. The summed E-state index contributed by atoms with van der Waals surface area (Å²) in [7, 11) is 0. The summed E-state index contributed by atoms with van der Waals surface area (Å²) in [6.45, 7) is 14.8. The third kappa shape index (κ3) is 1.69. The molecule has 3 heteroatoms. The van der Waals surface area contributed by atoms with Crippen molar-refractivity contribution >= 4 is 0 Å². The molecule has 2 bridgehead atoms. The van der Waals surface area contributed by atoms with E-state index in [1.807, 2.05) is 0 Å². The minimum atomic E-state index is 0.0758. The van der Waals surface area contributed by atoms with Crippen molar-refractivity contribution in [3.63, 3.8) is 0 Å². The molecule has 2 aliphatic rings.